The van der Waals surface area contributed by atoms with Crippen LogP contribution in [0.5, 0.6) is 34.5 Å². The van der Waals surface area contributed by atoms with E-state index in [0.29, 0.717) is 83.9 Å². The molecule has 0 bridgehead atoms. The van der Waals surface area contributed by atoms with Gasteiger partial charge in [0.05, 0.1) is 23.7 Å². The van der Waals surface area contributed by atoms with Gasteiger partial charge >= 0.3 is 23.9 Å². The molecule has 0 aliphatic heterocycles. The fraction of sp³-hybridized carbons (Fsp3) is 0.311. The molecule has 2 fully saturated rings. The van der Waals surface area contributed by atoms with Gasteiger partial charge in [0, 0.05) is 5.39 Å². The van der Waals surface area contributed by atoms with E-state index in [0.717, 1.165) is 22.1 Å². The Kier molecular flexibility index (Phi) is 10.9. The van der Waals surface area contributed by atoms with Crippen LogP contribution < -0.4 is 18.9 Å². The second kappa shape index (κ2) is 16.3. The van der Waals surface area contributed by atoms with E-state index in [9.17, 15) is 29.4 Å². The Labute approximate surface area is 337 Å². The van der Waals surface area contributed by atoms with Gasteiger partial charge in [0.15, 0.2) is 22.3 Å². The predicted molar refractivity (Wildman–Crippen MR) is 214 cm³/mol. The SMILES string of the molecule is Cc1cc(C)c2cc(-c3nc4c(OC(=O)C5CCC(C(=O)Oc6ccc(O)cc6)CC5)ccc(OC(=O)C5CCC(C(=O)Oc6ccc(O)cc6)CC5)c4s3)oc2c1. The van der Waals surface area contributed by atoms with Crippen LogP contribution in [0, 0.1) is 37.5 Å². The summed E-state index contributed by atoms with van der Waals surface area (Å²) in [6.45, 7) is 4.01. The number of hydrogen-bond donors (Lipinski definition) is 2. The topological polar surface area (TPSA) is 172 Å². The van der Waals surface area contributed by atoms with E-state index in [2.05, 4.69) is 6.07 Å². The molecule has 4 aromatic carbocycles. The van der Waals surface area contributed by atoms with Gasteiger partial charge in [0.1, 0.15) is 38.8 Å². The number of aromatic nitrogens is 1. The van der Waals surface area contributed by atoms with Gasteiger partial charge in [0.2, 0.25) is 0 Å². The summed E-state index contributed by atoms with van der Waals surface area (Å²) in [5, 5.41) is 20.5. The minimum Gasteiger partial charge on any atom is -0.508 e. The molecule has 8 rings (SSSR count). The number of phenolic OH excluding ortho intramolecular Hbond substituents is 2. The van der Waals surface area contributed by atoms with Crippen LogP contribution in [0.15, 0.2) is 83.3 Å². The zero-order valence-electron chi connectivity index (χ0n) is 31.9. The smallest absolute Gasteiger partial charge is 0.314 e. The lowest BCUT2D eigenvalue weighted by molar-refractivity contribution is -0.145. The van der Waals surface area contributed by atoms with Crippen LogP contribution >= 0.6 is 11.3 Å². The van der Waals surface area contributed by atoms with E-state index in [-0.39, 0.29) is 46.8 Å². The molecule has 13 heteroatoms. The third-order valence-corrected chi connectivity index (χ3v) is 12.1. The van der Waals surface area contributed by atoms with E-state index in [1.54, 1.807) is 12.1 Å². The van der Waals surface area contributed by atoms with E-state index in [1.165, 1.54) is 59.9 Å². The van der Waals surface area contributed by atoms with Crippen LogP contribution in [0.4, 0.5) is 0 Å². The maximum atomic E-state index is 13.6. The summed E-state index contributed by atoms with van der Waals surface area (Å²) < 4.78 is 29.8. The maximum absolute atomic E-state index is 13.6. The van der Waals surface area contributed by atoms with E-state index in [1.807, 2.05) is 26.0 Å². The molecule has 2 aliphatic rings. The van der Waals surface area contributed by atoms with Crippen molar-refractivity contribution in [3.63, 3.8) is 0 Å². The number of benzene rings is 4. The molecule has 58 heavy (non-hydrogen) atoms. The van der Waals surface area contributed by atoms with Crippen LogP contribution in [0.2, 0.25) is 0 Å². The number of aryl methyl sites for hydroxylation is 2. The summed E-state index contributed by atoms with van der Waals surface area (Å²) in [6.07, 6.45) is 3.57. The number of furan rings is 1. The Balaban J connectivity index is 0.974. The molecule has 0 spiro atoms. The number of hydrogen-bond acceptors (Lipinski definition) is 13. The molecule has 2 saturated carbocycles. The normalized spacial score (nSPS) is 19.4. The molecule has 12 nitrogen and oxygen atoms in total. The van der Waals surface area contributed by atoms with Crippen molar-refractivity contribution >= 4 is 56.4 Å². The summed E-state index contributed by atoms with van der Waals surface area (Å²) in [5.41, 5.74) is 3.18. The molecule has 2 heterocycles. The first-order valence-corrected chi connectivity index (χ1v) is 20.2. The van der Waals surface area contributed by atoms with Crippen LogP contribution in [0.25, 0.3) is 32.0 Å². The van der Waals surface area contributed by atoms with Gasteiger partial charge in [-0.1, -0.05) is 6.07 Å². The fourth-order valence-corrected chi connectivity index (χ4v) is 8.75. The Hall–Kier alpha value is -6.21. The first-order valence-electron chi connectivity index (χ1n) is 19.4. The van der Waals surface area contributed by atoms with Crippen molar-refractivity contribution in [3.8, 4) is 45.3 Å². The van der Waals surface area contributed by atoms with E-state index < -0.39 is 23.8 Å². The van der Waals surface area contributed by atoms with Crippen LogP contribution in [-0.2, 0) is 19.2 Å². The molecule has 2 aliphatic carbocycles. The molecule has 0 saturated heterocycles. The third kappa shape index (κ3) is 8.40. The molecule has 298 valence electrons. The molecule has 0 radical (unpaired) electrons. The lowest BCUT2D eigenvalue weighted by atomic mass is 9.82. The molecule has 0 unspecified atom stereocenters. The highest BCUT2D eigenvalue weighted by molar-refractivity contribution is 7.22. The minimum absolute atomic E-state index is 0.0732. The highest BCUT2D eigenvalue weighted by atomic mass is 32.1. The van der Waals surface area contributed by atoms with Crippen LogP contribution in [-0.4, -0.2) is 39.1 Å². The second-order valence-electron chi connectivity index (χ2n) is 15.1. The number of esters is 4. The number of aromatic hydroxyl groups is 2. The fourth-order valence-electron chi connectivity index (χ4n) is 7.76. The van der Waals surface area contributed by atoms with Gasteiger partial charge in [-0.2, -0.15) is 0 Å². The predicted octanol–water partition coefficient (Wildman–Crippen LogP) is 9.37. The van der Waals surface area contributed by atoms with Gasteiger partial charge in [-0.25, -0.2) is 4.98 Å². The van der Waals surface area contributed by atoms with Crippen LogP contribution in [0.3, 0.4) is 0 Å². The van der Waals surface area contributed by atoms with Crippen molar-refractivity contribution < 1.29 is 52.8 Å². The van der Waals surface area contributed by atoms with Crippen LogP contribution in [0.1, 0.15) is 62.5 Å². The highest BCUT2D eigenvalue weighted by Crippen LogP contribution is 2.43. The van der Waals surface area contributed by atoms with Crippen molar-refractivity contribution in [3.05, 3.63) is 90.0 Å². The molecule has 0 amide bonds. The number of carbonyl (C=O) groups excluding carboxylic acids is 4. The Bertz CT molecular complexity index is 2370. The number of fused-ring (bicyclic) bond motifs is 2. The monoisotopic (exact) mass is 803 g/mol. The van der Waals surface area contributed by atoms with Crippen molar-refractivity contribution in [2.45, 2.75) is 65.2 Å². The quantitative estimate of drug-likeness (QED) is 0.105. The van der Waals surface area contributed by atoms with Crippen molar-refractivity contribution in [1.29, 1.82) is 0 Å². The largest absolute Gasteiger partial charge is 0.508 e. The average Bonchev–Trinajstić information content (AvgIpc) is 3.87. The summed E-state index contributed by atoms with van der Waals surface area (Å²) in [5.74, 6) is -1.40. The number of rotatable bonds is 9. The summed E-state index contributed by atoms with van der Waals surface area (Å²) >= 11 is 1.26. The maximum Gasteiger partial charge on any atom is 0.314 e. The number of ether oxygens (including phenoxy) is 4. The molecule has 2 N–H and O–H groups in total. The molecule has 2 aromatic heterocycles. The zero-order chi connectivity index (χ0) is 40.5. The molecule has 6 aromatic rings. The summed E-state index contributed by atoms with van der Waals surface area (Å²) in [7, 11) is 0. The third-order valence-electron chi connectivity index (χ3n) is 11.0. The summed E-state index contributed by atoms with van der Waals surface area (Å²) in [6, 6.07) is 21.0. The minimum atomic E-state index is -0.446. The number of thiazole rings is 1. The lowest BCUT2D eigenvalue weighted by Crippen LogP contribution is -2.30. The highest BCUT2D eigenvalue weighted by Gasteiger charge is 2.35. The number of phenols is 2. The Morgan fingerprint density at radius 3 is 1.55 bits per heavy atom. The van der Waals surface area contributed by atoms with Crippen molar-refractivity contribution in [2.75, 3.05) is 0 Å². The molecule has 0 atom stereocenters. The lowest BCUT2D eigenvalue weighted by Gasteiger charge is -2.26. The van der Waals surface area contributed by atoms with Gasteiger partial charge in [-0.05, 0) is 149 Å². The average molecular weight is 804 g/mol. The molecular formula is C45H41NO11S. The zero-order valence-corrected chi connectivity index (χ0v) is 32.7. The van der Waals surface area contributed by atoms with Crippen molar-refractivity contribution in [1.82, 2.24) is 4.98 Å². The van der Waals surface area contributed by atoms with Gasteiger partial charge in [-0.3, -0.25) is 19.2 Å². The van der Waals surface area contributed by atoms with E-state index >= 15 is 0 Å². The van der Waals surface area contributed by atoms with Gasteiger partial charge in [-0.15, -0.1) is 11.3 Å². The Morgan fingerprint density at radius 2 is 1.05 bits per heavy atom. The van der Waals surface area contributed by atoms with Gasteiger partial charge in [0.25, 0.3) is 0 Å². The number of carbonyl (C=O) groups is 4. The van der Waals surface area contributed by atoms with E-state index in [4.69, 9.17) is 28.3 Å². The first-order chi connectivity index (χ1) is 28.0. The first kappa shape index (κ1) is 38.7. The van der Waals surface area contributed by atoms with Crippen molar-refractivity contribution in [2.24, 2.45) is 23.7 Å². The second-order valence-corrected chi connectivity index (χ2v) is 16.1. The summed E-state index contributed by atoms with van der Waals surface area (Å²) in [4.78, 5) is 57.7. The standard InChI is InChI=1S/C45H41NO11S/c1-24-21-25(2)34-23-38(55-37(34)22-24)41-46-39-35(56-44(51)28-7-3-26(4-8-28)42(49)53-32-15-11-30(47)12-16-32)19-20-36(40(39)58-41)57-45(52)29-9-5-27(6-10-29)43(50)54-33-17-13-31(48)14-18-33/h11-23,26-29,47-48H,3-10H2,1-2H3. The Morgan fingerprint density at radius 1 is 0.603 bits per heavy atom. The number of nitrogens with zero attached hydrogens (tertiary/aromatic N) is 1. The molecular weight excluding hydrogens is 763 g/mol. The van der Waals surface area contributed by atoms with Gasteiger partial charge < -0.3 is 33.6 Å².